The molecule has 0 radical (unpaired) electrons. The van der Waals surface area contributed by atoms with Crippen LogP contribution in [-0.2, 0) is 19.1 Å². The second-order valence-electron chi connectivity index (χ2n) is 5.91. The van der Waals surface area contributed by atoms with Crippen LogP contribution in [0.4, 0.5) is 4.39 Å². The number of carboxylic acids is 1. The molecular formula is C21H16BrFO5. The lowest BCUT2D eigenvalue weighted by molar-refractivity contribution is -0.139. The van der Waals surface area contributed by atoms with E-state index in [9.17, 15) is 19.1 Å². The standard InChI is InChI=1S/C21H16BrFO5/c1-2-27-21(26)16-15(12-8-10-14(22)11-9-12)17(20(24)25)19(23)28-18(16)13-6-4-3-5-7-13/h3-11,15H,2H2,1H3,(H,24,25). The third-order valence-electron chi connectivity index (χ3n) is 4.19. The van der Waals surface area contributed by atoms with Gasteiger partial charge in [-0.1, -0.05) is 58.4 Å². The first-order valence-corrected chi connectivity index (χ1v) is 9.26. The molecule has 2 aromatic carbocycles. The summed E-state index contributed by atoms with van der Waals surface area (Å²) in [7, 11) is 0. The van der Waals surface area contributed by atoms with Crippen molar-refractivity contribution in [3.63, 3.8) is 0 Å². The number of carbonyl (C=O) groups is 2. The molecule has 7 heteroatoms. The van der Waals surface area contributed by atoms with Gasteiger partial charge in [-0.25, -0.2) is 9.59 Å². The maximum Gasteiger partial charge on any atom is 0.338 e. The zero-order valence-electron chi connectivity index (χ0n) is 14.8. The minimum absolute atomic E-state index is 0.0607. The van der Waals surface area contributed by atoms with E-state index >= 15 is 0 Å². The van der Waals surface area contributed by atoms with E-state index in [2.05, 4.69) is 15.9 Å². The summed E-state index contributed by atoms with van der Waals surface area (Å²) in [6.45, 7) is 1.71. The molecule has 0 spiro atoms. The van der Waals surface area contributed by atoms with E-state index in [1.807, 2.05) is 0 Å². The fourth-order valence-corrected chi connectivity index (χ4v) is 3.27. The van der Waals surface area contributed by atoms with Gasteiger partial charge in [0.05, 0.1) is 18.1 Å². The van der Waals surface area contributed by atoms with Crippen molar-refractivity contribution >= 4 is 33.6 Å². The maximum absolute atomic E-state index is 14.8. The number of rotatable bonds is 5. The van der Waals surface area contributed by atoms with Crippen LogP contribution in [0.1, 0.15) is 24.0 Å². The fourth-order valence-electron chi connectivity index (χ4n) is 3.01. The monoisotopic (exact) mass is 446 g/mol. The Morgan fingerprint density at radius 3 is 2.32 bits per heavy atom. The van der Waals surface area contributed by atoms with Gasteiger partial charge in [-0.15, -0.1) is 0 Å². The molecule has 1 aliphatic rings. The maximum atomic E-state index is 14.8. The first-order valence-electron chi connectivity index (χ1n) is 8.47. The largest absolute Gasteiger partial charge is 0.478 e. The van der Waals surface area contributed by atoms with Crippen LogP contribution >= 0.6 is 15.9 Å². The number of benzene rings is 2. The van der Waals surface area contributed by atoms with Crippen LogP contribution in [0.15, 0.2) is 76.2 Å². The summed E-state index contributed by atoms with van der Waals surface area (Å²) in [4.78, 5) is 24.6. The van der Waals surface area contributed by atoms with Crippen molar-refractivity contribution in [3.05, 3.63) is 87.4 Å². The number of hydrogen-bond donors (Lipinski definition) is 1. The van der Waals surface area contributed by atoms with Crippen LogP contribution in [0.5, 0.6) is 0 Å². The van der Waals surface area contributed by atoms with Gasteiger partial charge in [0.2, 0.25) is 0 Å². The fraction of sp³-hybridized carbons (Fsp3) is 0.143. The Hall–Kier alpha value is -2.93. The van der Waals surface area contributed by atoms with Gasteiger partial charge >= 0.3 is 11.9 Å². The molecule has 28 heavy (non-hydrogen) atoms. The number of halogens is 2. The summed E-state index contributed by atoms with van der Waals surface area (Å²) in [5, 5.41) is 9.62. The summed E-state index contributed by atoms with van der Waals surface area (Å²) in [6.07, 6.45) is 0. The van der Waals surface area contributed by atoms with E-state index in [-0.39, 0.29) is 17.9 Å². The van der Waals surface area contributed by atoms with E-state index in [4.69, 9.17) is 9.47 Å². The Bertz CT molecular complexity index is 964. The zero-order chi connectivity index (χ0) is 20.3. The van der Waals surface area contributed by atoms with E-state index in [0.717, 1.165) is 4.47 Å². The lowest BCUT2D eigenvalue weighted by atomic mass is 9.82. The van der Waals surface area contributed by atoms with Crippen LogP contribution in [0.2, 0.25) is 0 Å². The summed E-state index contributed by atoms with van der Waals surface area (Å²) in [6, 6.07) is 13.8. The lowest BCUT2D eigenvalue weighted by Crippen LogP contribution is -2.26. The summed E-state index contributed by atoms with van der Waals surface area (Å²) < 4.78 is 25.9. The Balaban J connectivity index is 2.29. The molecule has 0 amide bonds. The second-order valence-corrected chi connectivity index (χ2v) is 6.82. The predicted molar refractivity (Wildman–Crippen MR) is 104 cm³/mol. The van der Waals surface area contributed by atoms with E-state index < -0.39 is 29.4 Å². The van der Waals surface area contributed by atoms with Gasteiger partial charge in [-0.05, 0) is 24.6 Å². The van der Waals surface area contributed by atoms with Gasteiger partial charge in [0.25, 0.3) is 6.01 Å². The topological polar surface area (TPSA) is 72.8 Å². The third kappa shape index (κ3) is 3.84. The summed E-state index contributed by atoms with van der Waals surface area (Å²) in [5.41, 5.74) is 0.155. The molecule has 0 fully saturated rings. The molecule has 3 rings (SSSR count). The number of ether oxygens (including phenoxy) is 2. The predicted octanol–water partition coefficient (Wildman–Crippen LogP) is 4.80. The number of aliphatic carboxylic acids is 1. The molecule has 0 bridgehead atoms. The van der Waals surface area contributed by atoms with Gasteiger partial charge in [-0.3, -0.25) is 0 Å². The Morgan fingerprint density at radius 1 is 1.11 bits per heavy atom. The van der Waals surface area contributed by atoms with Gasteiger partial charge in [0.1, 0.15) is 11.3 Å². The molecule has 0 aliphatic carbocycles. The zero-order valence-corrected chi connectivity index (χ0v) is 16.4. The summed E-state index contributed by atoms with van der Waals surface area (Å²) in [5.74, 6) is -3.53. The number of esters is 1. The van der Waals surface area contributed by atoms with E-state index in [1.165, 1.54) is 0 Å². The van der Waals surface area contributed by atoms with Gasteiger partial charge < -0.3 is 14.6 Å². The van der Waals surface area contributed by atoms with Crippen LogP contribution in [0.3, 0.4) is 0 Å². The van der Waals surface area contributed by atoms with Crippen molar-refractivity contribution in [2.75, 3.05) is 6.61 Å². The normalized spacial score (nSPS) is 16.6. The third-order valence-corrected chi connectivity index (χ3v) is 4.72. The number of hydrogen-bond acceptors (Lipinski definition) is 4. The van der Waals surface area contributed by atoms with Crippen molar-refractivity contribution in [2.45, 2.75) is 12.8 Å². The Morgan fingerprint density at radius 2 is 1.75 bits per heavy atom. The minimum Gasteiger partial charge on any atom is -0.478 e. The molecule has 0 saturated heterocycles. The Kier molecular flexibility index (Phi) is 5.94. The highest BCUT2D eigenvalue weighted by Gasteiger charge is 2.41. The average Bonchev–Trinajstić information content (AvgIpc) is 2.68. The smallest absolute Gasteiger partial charge is 0.338 e. The Labute approximate surface area is 169 Å². The van der Waals surface area contributed by atoms with Crippen LogP contribution in [-0.4, -0.2) is 23.7 Å². The molecule has 1 aliphatic heterocycles. The lowest BCUT2D eigenvalue weighted by Gasteiger charge is -2.28. The van der Waals surface area contributed by atoms with Crippen molar-refractivity contribution in [2.24, 2.45) is 0 Å². The molecule has 2 aromatic rings. The van der Waals surface area contributed by atoms with Crippen molar-refractivity contribution in [1.82, 2.24) is 0 Å². The quantitative estimate of drug-likeness (QED) is 0.667. The molecule has 1 unspecified atom stereocenters. The minimum atomic E-state index is -1.51. The molecular weight excluding hydrogens is 431 g/mol. The van der Waals surface area contributed by atoms with Crippen LogP contribution in [0.25, 0.3) is 5.76 Å². The number of carbonyl (C=O) groups excluding carboxylic acids is 1. The highest BCUT2D eigenvalue weighted by Crippen LogP contribution is 2.44. The van der Waals surface area contributed by atoms with Crippen molar-refractivity contribution in [3.8, 4) is 0 Å². The molecule has 5 nitrogen and oxygen atoms in total. The van der Waals surface area contributed by atoms with Gasteiger partial charge in [0, 0.05) is 10.0 Å². The van der Waals surface area contributed by atoms with E-state index in [0.29, 0.717) is 11.1 Å². The first-order chi connectivity index (χ1) is 13.4. The number of carboxylic acid groups (broad SMARTS) is 1. The van der Waals surface area contributed by atoms with E-state index in [1.54, 1.807) is 61.5 Å². The highest BCUT2D eigenvalue weighted by molar-refractivity contribution is 9.10. The highest BCUT2D eigenvalue weighted by atomic mass is 79.9. The molecule has 144 valence electrons. The second kappa shape index (κ2) is 8.39. The molecule has 1 atom stereocenters. The van der Waals surface area contributed by atoms with Crippen LogP contribution < -0.4 is 0 Å². The summed E-state index contributed by atoms with van der Waals surface area (Å²) >= 11 is 3.31. The van der Waals surface area contributed by atoms with Crippen molar-refractivity contribution in [1.29, 1.82) is 0 Å². The molecule has 0 saturated carbocycles. The van der Waals surface area contributed by atoms with Crippen molar-refractivity contribution < 1.29 is 28.6 Å². The molecule has 1 N–H and O–H groups in total. The molecule has 1 heterocycles. The first kappa shape index (κ1) is 19.8. The van der Waals surface area contributed by atoms with Gasteiger partial charge in [-0.2, -0.15) is 4.39 Å². The van der Waals surface area contributed by atoms with Gasteiger partial charge in [0.15, 0.2) is 0 Å². The SMILES string of the molecule is CCOC(=O)C1=C(c2ccccc2)OC(F)=C(C(=O)O)C1c1ccc(Br)cc1. The average molecular weight is 447 g/mol. The van der Waals surface area contributed by atoms with Crippen LogP contribution in [0, 0.1) is 0 Å². The molecule has 0 aromatic heterocycles.